The van der Waals surface area contributed by atoms with Crippen LogP contribution >= 0.6 is 11.8 Å². The summed E-state index contributed by atoms with van der Waals surface area (Å²) in [6.07, 6.45) is 3.23. The molecule has 0 aromatic carbocycles. The number of hydrogen-bond donors (Lipinski definition) is 2. The molecule has 12 heavy (non-hydrogen) atoms. The minimum Gasteiger partial charge on any atom is -0.396 e. The van der Waals surface area contributed by atoms with Crippen LogP contribution < -0.4 is 5.73 Å². The van der Waals surface area contributed by atoms with Crippen molar-refractivity contribution in [1.29, 1.82) is 0 Å². The van der Waals surface area contributed by atoms with Crippen molar-refractivity contribution in [1.82, 2.24) is 0 Å². The Kier molecular flexibility index (Phi) is 3.87. The fourth-order valence-corrected chi connectivity index (χ4v) is 3.24. The molecule has 3 heteroatoms. The topological polar surface area (TPSA) is 46.2 Å². The molecular formula is C9H19NOS. The van der Waals surface area contributed by atoms with Crippen molar-refractivity contribution < 1.29 is 5.11 Å². The summed E-state index contributed by atoms with van der Waals surface area (Å²) in [7, 11) is 0. The number of nitrogens with two attached hydrogens (primary N) is 1. The van der Waals surface area contributed by atoms with E-state index in [2.05, 4.69) is 6.92 Å². The quantitative estimate of drug-likeness (QED) is 0.702. The lowest BCUT2D eigenvalue weighted by Crippen LogP contribution is -2.42. The predicted molar refractivity (Wildman–Crippen MR) is 54.3 cm³/mol. The Labute approximate surface area is 78.9 Å². The van der Waals surface area contributed by atoms with Crippen LogP contribution in [0.4, 0.5) is 0 Å². The monoisotopic (exact) mass is 189 g/mol. The van der Waals surface area contributed by atoms with Gasteiger partial charge in [0.05, 0.1) is 0 Å². The van der Waals surface area contributed by atoms with Crippen LogP contribution in [0.3, 0.4) is 0 Å². The third-order valence-corrected chi connectivity index (χ3v) is 4.05. The molecule has 0 bridgehead atoms. The Morgan fingerprint density at radius 3 is 2.50 bits per heavy atom. The van der Waals surface area contributed by atoms with E-state index < -0.39 is 0 Å². The van der Waals surface area contributed by atoms with Gasteiger partial charge in [-0.25, -0.2) is 0 Å². The average Bonchev–Trinajstić information content (AvgIpc) is 2.06. The van der Waals surface area contributed by atoms with E-state index in [0.717, 1.165) is 6.42 Å². The molecule has 3 N–H and O–H groups in total. The fraction of sp³-hybridized carbons (Fsp3) is 1.00. The molecule has 1 atom stereocenters. The smallest absolute Gasteiger partial charge is 0.0436 e. The van der Waals surface area contributed by atoms with E-state index in [1.165, 1.54) is 24.3 Å². The summed E-state index contributed by atoms with van der Waals surface area (Å²) in [5.41, 5.74) is 6.20. The molecule has 0 saturated carbocycles. The van der Waals surface area contributed by atoms with Crippen molar-refractivity contribution in [3.63, 3.8) is 0 Å². The van der Waals surface area contributed by atoms with E-state index in [1.54, 1.807) is 0 Å². The van der Waals surface area contributed by atoms with Crippen molar-refractivity contribution >= 4 is 11.8 Å². The zero-order chi connectivity index (χ0) is 9.03. The molecule has 1 heterocycles. The van der Waals surface area contributed by atoms with E-state index in [1.807, 2.05) is 11.8 Å². The van der Waals surface area contributed by atoms with Gasteiger partial charge in [0.2, 0.25) is 0 Å². The molecule has 0 spiro atoms. The second-order valence-corrected chi connectivity index (χ2v) is 4.96. The third-order valence-electron chi connectivity index (χ3n) is 3.06. The van der Waals surface area contributed by atoms with Gasteiger partial charge >= 0.3 is 0 Å². The largest absolute Gasteiger partial charge is 0.396 e. The summed E-state index contributed by atoms with van der Waals surface area (Å²) < 4.78 is 0. The van der Waals surface area contributed by atoms with E-state index >= 15 is 0 Å². The number of aliphatic hydroxyl groups excluding tert-OH is 1. The zero-order valence-corrected chi connectivity index (χ0v) is 8.57. The molecule has 1 unspecified atom stereocenters. The minimum absolute atomic E-state index is 0.227. The first kappa shape index (κ1) is 10.4. The Hall–Kier alpha value is 0.270. The highest BCUT2D eigenvalue weighted by molar-refractivity contribution is 7.99. The Morgan fingerprint density at radius 1 is 1.50 bits per heavy atom. The van der Waals surface area contributed by atoms with Crippen molar-refractivity contribution in [2.24, 2.45) is 11.1 Å². The number of thioether (sulfide) groups is 1. The van der Waals surface area contributed by atoms with E-state index in [-0.39, 0.29) is 18.1 Å². The van der Waals surface area contributed by atoms with Gasteiger partial charge in [0.25, 0.3) is 0 Å². The van der Waals surface area contributed by atoms with Gasteiger partial charge in [-0.05, 0) is 43.1 Å². The molecule has 1 rings (SSSR count). The number of rotatable bonds is 3. The van der Waals surface area contributed by atoms with Gasteiger partial charge in [-0.1, -0.05) is 0 Å². The molecule has 1 saturated heterocycles. The van der Waals surface area contributed by atoms with Crippen LogP contribution in [0.15, 0.2) is 0 Å². The summed E-state index contributed by atoms with van der Waals surface area (Å²) in [5, 5.41) is 8.97. The van der Waals surface area contributed by atoms with Crippen molar-refractivity contribution in [2.45, 2.75) is 32.2 Å². The number of hydrogen-bond acceptors (Lipinski definition) is 3. The van der Waals surface area contributed by atoms with Crippen LogP contribution in [-0.4, -0.2) is 29.3 Å². The molecule has 0 aromatic heterocycles. The normalized spacial score (nSPS) is 25.2. The summed E-state index contributed by atoms with van der Waals surface area (Å²) >= 11 is 2.00. The molecule has 1 aliphatic rings. The maximum Gasteiger partial charge on any atom is 0.0436 e. The lowest BCUT2D eigenvalue weighted by molar-refractivity contribution is 0.142. The van der Waals surface area contributed by atoms with Crippen molar-refractivity contribution in [3.05, 3.63) is 0 Å². The van der Waals surface area contributed by atoms with Crippen molar-refractivity contribution in [3.8, 4) is 0 Å². The first-order chi connectivity index (χ1) is 5.71. The lowest BCUT2D eigenvalue weighted by atomic mass is 9.74. The molecule has 72 valence electrons. The maximum absolute atomic E-state index is 8.97. The molecule has 0 amide bonds. The predicted octanol–water partition coefficient (Wildman–Crippen LogP) is 1.23. The number of aliphatic hydroxyl groups is 1. The van der Waals surface area contributed by atoms with Crippen molar-refractivity contribution in [2.75, 3.05) is 18.1 Å². The Balaban J connectivity index is 2.56. The van der Waals surface area contributed by atoms with Crippen LogP contribution in [0.2, 0.25) is 0 Å². The third kappa shape index (κ3) is 2.15. The highest BCUT2D eigenvalue weighted by Gasteiger charge is 2.34. The van der Waals surface area contributed by atoms with Gasteiger partial charge in [0, 0.05) is 12.6 Å². The second-order valence-electron chi connectivity index (χ2n) is 3.74. The van der Waals surface area contributed by atoms with E-state index in [4.69, 9.17) is 10.8 Å². The lowest BCUT2D eigenvalue weighted by Gasteiger charge is -2.40. The molecule has 0 aliphatic carbocycles. The van der Waals surface area contributed by atoms with Gasteiger partial charge in [0.15, 0.2) is 0 Å². The second kappa shape index (κ2) is 4.49. The van der Waals surface area contributed by atoms with Crippen LogP contribution in [0, 0.1) is 5.41 Å². The summed E-state index contributed by atoms with van der Waals surface area (Å²) in [4.78, 5) is 0. The summed E-state index contributed by atoms with van der Waals surface area (Å²) in [6.45, 7) is 2.36. The highest BCUT2D eigenvalue weighted by Crippen LogP contribution is 2.39. The first-order valence-corrected chi connectivity index (χ1v) is 5.81. The Morgan fingerprint density at radius 2 is 2.08 bits per heavy atom. The van der Waals surface area contributed by atoms with Crippen LogP contribution in [-0.2, 0) is 0 Å². The first-order valence-electron chi connectivity index (χ1n) is 4.65. The summed E-state index contributed by atoms with van der Waals surface area (Å²) in [5.74, 6) is 2.42. The van der Waals surface area contributed by atoms with Gasteiger partial charge in [-0.15, -0.1) is 0 Å². The average molecular weight is 189 g/mol. The molecule has 2 nitrogen and oxygen atoms in total. The Bertz CT molecular complexity index is 127. The molecular weight excluding hydrogens is 170 g/mol. The zero-order valence-electron chi connectivity index (χ0n) is 7.75. The summed E-state index contributed by atoms with van der Waals surface area (Å²) in [6, 6.07) is 0.227. The molecule has 0 radical (unpaired) electrons. The SMILES string of the molecule is CC(N)C1(CCO)CCSCC1. The van der Waals surface area contributed by atoms with Crippen LogP contribution in [0.1, 0.15) is 26.2 Å². The van der Waals surface area contributed by atoms with Gasteiger partial charge in [-0.2, -0.15) is 11.8 Å². The highest BCUT2D eigenvalue weighted by atomic mass is 32.2. The maximum atomic E-state index is 8.97. The van der Waals surface area contributed by atoms with E-state index in [0.29, 0.717) is 0 Å². The molecule has 1 fully saturated rings. The molecule has 0 aromatic rings. The van der Waals surface area contributed by atoms with Gasteiger partial charge in [-0.3, -0.25) is 0 Å². The minimum atomic E-state index is 0.227. The van der Waals surface area contributed by atoms with Gasteiger partial charge in [0.1, 0.15) is 0 Å². The molecule has 1 aliphatic heterocycles. The van der Waals surface area contributed by atoms with E-state index in [9.17, 15) is 0 Å². The van der Waals surface area contributed by atoms with Gasteiger partial charge < -0.3 is 10.8 Å². The fourth-order valence-electron chi connectivity index (χ4n) is 1.93. The standard InChI is InChI=1S/C9H19NOS/c1-8(10)9(2-5-11)3-6-12-7-4-9/h8,11H,2-7,10H2,1H3. The van der Waals surface area contributed by atoms with Crippen LogP contribution in [0.25, 0.3) is 0 Å². The van der Waals surface area contributed by atoms with Crippen LogP contribution in [0.5, 0.6) is 0 Å².